The van der Waals surface area contributed by atoms with Gasteiger partial charge in [-0.1, -0.05) is 29.8 Å². The first-order valence-corrected chi connectivity index (χ1v) is 5.99. The molecule has 0 bridgehead atoms. The fourth-order valence-electron chi connectivity index (χ4n) is 2.26. The highest BCUT2D eigenvalue weighted by molar-refractivity contribution is 5.56. The zero-order chi connectivity index (χ0) is 11.8. The van der Waals surface area contributed by atoms with Crippen molar-refractivity contribution in [3.8, 4) is 11.4 Å². The summed E-state index contributed by atoms with van der Waals surface area (Å²) in [6.07, 6.45) is 0. The van der Waals surface area contributed by atoms with Crippen LogP contribution in [-0.4, -0.2) is 21.3 Å². The largest absolute Gasteiger partial charge is 0.308 e. The third-order valence-corrected chi connectivity index (χ3v) is 3.26. The predicted octanol–water partition coefficient (Wildman–Crippen LogP) is 1.92. The zero-order valence-electron chi connectivity index (χ0n) is 10.1. The average Bonchev–Trinajstić information content (AvgIpc) is 2.75. The van der Waals surface area contributed by atoms with Crippen molar-refractivity contribution < 1.29 is 0 Å². The molecule has 1 aromatic carbocycles. The Labute approximate surface area is 101 Å². The molecule has 1 aliphatic rings. The van der Waals surface area contributed by atoms with Gasteiger partial charge in [0, 0.05) is 18.7 Å². The standard InChI is InChI=1S/C13H16N4/c1-9-3-5-11(6-4-9)13-16-15-12-10(2)14-7-8-17(12)13/h3-6,10,14H,7-8H2,1-2H3. The van der Waals surface area contributed by atoms with E-state index in [9.17, 15) is 0 Å². The summed E-state index contributed by atoms with van der Waals surface area (Å²) in [5.74, 6) is 2.01. The second kappa shape index (κ2) is 3.96. The number of nitrogens with zero attached hydrogens (tertiary/aromatic N) is 3. The minimum atomic E-state index is 0.287. The minimum absolute atomic E-state index is 0.287. The molecule has 88 valence electrons. The molecular weight excluding hydrogens is 212 g/mol. The van der Waals surface area contributed by atoms with Gasteiger partial charge in [0.05, 0.1) is 6.04 Å². The summed E-state index contributed by atoms with van der Waals surface area (Å²) in [6, 6.07) is 8.73. The first kappa shape index (κ1) is 10.5. The molecular formula is C13H16N4. The van der Waals surface area contributed by atoms with Gasteiger partial charge in [-0.15, -0.1) is 10.2 Å². The van der Waals surface area contributed by atoms with Crippen molar-refractivity contribution >= 4 is 0 Å². The second-order valence-corrected chi connectivity index (χ2v) is 4.58. The molecule has 1 N–H and O–H groups in total. The second-order valence-electron chi connectivity index (χ2n) is 4.58. The van der Waals surface area contributed by atoms with Crippen LogP contribution < -0.4 is 5.32 Å². The van der Waals surface area contributed by atoms with Crippen LogP contribution in [0, 0.1) is 6.92 Å². The van der Waals surface area contributed by atoms with Gasteiger partial charge in [0.15, 0.2) is 5.82 Å². The van der Waals surface area contributed by atoms with E-state index < -0.39 is 0 Å². The monoisotopic (exact) mass is 228 g/mol. The van der Waals surface area contributed by atoms with Gasteiger partial charge >= 0.3 is 0 Å². The average molecular weight is 228 g/mol. The maximum Gasteiger partial charge on any atom is 0.164 e. The first-order chi connectivity index (χ1) is 8.25. The van der Waals surface area contributed by atoms with Crippen LogP contribution in [-0.2, 0) is 6.54 Å². The lowest BCUT2D eigenvalue weighted by Gasteiger charge is -2.21. The number of aromatic nitrogens is 3. The number of hydrogen-bond donors (Lipinski definition) is 1. The summed E-state index contributed by atoms with van der Waals surface area (Å²) in [5.41, 5.74) is 2.41. The number of hydrogen-bond acceptors (Lipinski definition) is 3. The van der Waals surface area contributed by atoms with Gasteiger partial charge in [-0.05, 0) is 13.8 Å². The number of fused-ring (bicyclic) bond motifs is 1. The van der Waals surface area contributed by atoms with Crippen molar-refractivity contribution in [2.24, 2.45) is 0 Å². The third-order valence-electron chi connectivity index (χ3n) is 3.26. The van der Waals surface area contributed by atoms with Crippen molar-refractivity contribution in [1.29, 1.82) is 0 Å². The van der Waals surface area contributed by atoms with Crippen LogP contribution in [0.15, 0.2) is 24.3 Å². The van der Waals surface area contributed by atoms with Crippen molar-refractivity contribution in [1.82, 2.24) is 20.1 Å². The Morgan fingerprint density at radius 2 is 2.00 bits per heavy atom. The first-order valence-electron chi connectivity index (χ1n) is 5.99. The maximum atomic E-state index is 4.32. The van der Waals surface area contributed by atoms with Crippen LogP contribution in [0.3, 0.4) is 0 Å². The van der Waals surface area contributed by atoms with E-state index in [4.69, 9.17) is 0 Å². The van der Waals surface area contributed by atoms with E-state index in [-0.39, 0.29) is 6.04 Å². The molecule has 1 atom stereocenters. The van der Waals surface area contributed by atoms with Crippen LogP contribution in [0.5, 0.6) is 0 Å². The lowest BCUT2D eigenvalue weighted by molar-refractivity contribution is 0.439. The Morgan fingerprint density at radius 1 is 1.24 bits per heavy atom. The van der Waals surface area contributed by atoms with Gasteiger partial charge < -0.3 is 9.88 Å². The fourth-order valence-corrected chi connectivity index (χ4v) is 2.26. The normalized spacial score (nSPS) is 19.1. The lowest BCUT2D eigenvalue weighted by atomic mass is 10.1. The zero-order valence-corrected chi connectivity index (χ0v) is 10.1. The third kappa shape index (κ3) is 1.74. The van der Waals surface area contributed by atoms with Gasteiger partial charge in [0.1, 0.15) is 5.82 Å². The van der Waals surface area contributed by atoms with Crippen LogP contribution in [0.4, 0.5) is 0 Å². The summed E-state index contributed by atoms with van der Waals surface area (Å²) in [7, 11) is 0. The quantitative estimate of drug-likeness (QED) is 0.811. The van der Waals surface area contributed by atoms with Gasteiger partial charge in [0.25, 0.3) is 0 Å². The molecule has 2 aromatic rings. The Morgan fingerprint density at radius 3 is 2.76 bits per heavy atom. The van der Waals surface area contributed by atoms with E-state index in [0.717, 1.165) is 30.3 Å². The Bertz CT molecular complexity index is 527. The Kier molecular flexibility index (Phi) is 2.44. The minimum Gasteiger partial charge on any atom is -0.308 e. The molecule has 0 fully saturated rings. The molecule has 2 heterocycles. The highest BCUT2D eigenvalue weighted by atomic mass is 15.3. The van der Waals surface area contributed by atoms with Crippen LogP contribution in [0.2, 0.25) is 0 Å². The topological polar surface area (TPSA) is 42.7 Å². The van der Waals surface area contributed by atoms with Crippen LogP contribution in [0.1, 0.15) is 24.4 Å². The van der Waals surface area contributed by atoms with Crippen LogP contribution >= 0.6 is 0 Å². The highest BCUT2D eigenvalue weighted by Gasteiger charge is 2.21. The molecule has 17 heavy (non-hydrogen) atoms. The van der Waals surface area contributed by atoms with E-state index >= 15 is 0 Å². The number of rotatable bonds is 1. The predicted molar refractivity (Wildman–Crippen MR) is 66.6 cm³/mol. The molecule has 4 nitrogen and oxygen atoms in total. The molecule has 0 saturated carbocycles. The number of benzene rings is 1. The summed E-state index contributed by atoms with van der Waals surface area (Å²) >= 11 is 0. The summed E-state index contributed by atoms with van der Waals surface area (Å²) in [4.78, 5) is 0. The Hall–Kier alpha value is -1.68. The molecule has 4 heteroatoms. The molecule has 0 radical (unpaired) electrons. The molecule has 0 amide bonds. The maximum absolute atomic E-state index is 4.32. The molecule has 1 aromatic heterocycles. The smallest absolute Gasteiger partial charge is 0.164 e. The van der Waals surface area contributed by atoms with Crippen molar-refractivity contribution in [3.05, 3.63) is 35.7 Å². The SMILES string of the molecule is Cc1ccc(-c2nnc3n2CCNC3C)cc1. The lowest BCUT2D eigenvalue weighted by Crippen LogP contribution is -2.32. The molecule has 0 saturated heterocycles. The van der Waals surface area contributed by atoms with Gasteiger partial charge in [-0.25, -0.2) is 0 Å². The number of aryl methyl sites for hydroxylation is 1. The van der Waals surface area contributed by atoms with Crippen molar-refractivity contribution in [2.75, 3.05) is 6.54 Å². The van der Waals surface area contributed by atoms with Gasteiger partial charge in [-0.3, -0.25) is 0 Å². The molecule has 1 aliphatic heterocycles. The number of nitrogens with one attached hydrogen (secondary N) is 1. The summed E-state index contributed by atoms with van der Waals surface area (Å²) < 4.78 is 2.21. The summed E-state index contributed by atoms with van der Waals surface area (Å²) in [6.45, 7) is 6.13. The molecule has 1 unspecified atom stereocenters. The molecule has 3 rings (SSSR count). The van der Waals surface area contributed by atoms with Crippen LogP contribution in [0.25, 0.3) is 11.4 Å². The molecule has 0 spiro atoms. The van der Waals surface area contributed by atoms with E-state index in [2.05, 4.69) is 58.2 Å². The highest BCUT2D eigenvalue weighted by Crippen LogP contribution is 2.23. The van der Waals surface area contributed by atoms with Crippen molar-refractivity contribution in [3.63, 3.8) is 0 Å². The van der Waals surface area contributed by atoms with E-state index in [1.807, 2.05) is 0 Å². The Balaban J connectivity index is 2.07. The molecule has 0 aliphatic carbocycles. The van der Waals surface area contributed by atoms with E-state index in [1.54, 1.807) is 0 Å². The fraction of sp³-hybridized carbons (Fsp3) is 0.385. The van der Waals surface area contributed by atoms with Crippen molar-refractivity contribution in [2.45, 2.75) is 26.4 Å². The summed E-state index contributed by atoms with van der Waals surface area (Å²) in [5, 5.41) is 12.0. The van der Waals surface area contributed by atoms with Gasteiger partial charge in [0.2, 0.25) is 0 Å². The van der Waals surface area contributed by atoms with E-state index in [0.29, 0.717) is 0 Å². The van der Waals surface area contributed by atoms with E-state index in [1.165, 1.54) is 5.56 Å². The van der Waals surface area contributed by atoms with Gasteiger partial charge in [-0.2, -0.15) is 0 Å².